The lowest BCUT2D eigenvalue weighted by atomic mass is 9.94. The van der Waals surface area contributed by atoms with Crippen molar-refractivity contribution < 1.29 is 24.1 Å². The molecule has 0 atom stereocenters. The summed E-state index contributed by atoms with van der Waals surface area (Å²) >= 11 is 5.79. The number of carboxylic acids is 1. The molecule has 1 saturated carbocycles. The van der Waals surface area contributed by atoms with Crippen molar-refractivity contribution >= 4 is 17.6 Å². The maximum absolute atomic E-state index is 13.4. The molecule has 1 aliphatic rings. The second kappa shape index (κ2) is 3.77. The Morgan fingerprint density at radius 1 is 1.59 bits per heavy atom. The van der Waals surface area contributed by atoms with Gasteiger partial charge in [0.1, 0.15) is 5.82 Å². The number of phenols is 1. The predicted molar refractivity (Wildman–Crippen MR) is 58.2 cm³/mol. The van der Waals surface area contributed by atoms with Gasteiger partial charge >= 0.3 is 5.97 Å². The van der Waals surface area contributed by atoms with Crippen molar-refractivity contribution in [3.8, 4) is 11.5 Å². The van der Waals surface area contributed by atoms with Gasteiger partial charge in [0.05, 0.1) is 17.5 Å². The number of benzene rings is 1. The summed E-state index contributed by atoms with van der Waals surface area (Å²) in [5, 5.41) is 18.4. The van der Waals surface area contributed by atoms with Gasteiger partial charge in [-0.05, 0) is 12.8 Å². The first-order valence-electron chi connectivity index (χ1n) is 4.93. The van der Waals surface area contributed by atoms with Crippen molar-refractivity contribution in [1.82, 2.24) is 0 Å². The first kappa shape index (κ1) is 12.0. The Kier molecular flexibility index (Phi) is 2.66. The van der Waals surface area contributed by atoms with Gasteiger partial charge in [0, 0.05) is 11.6 Å². The molecule has 6 heteroatoms. The summed E-state index contributed by atoms with van der Waals surface area (Å²) in [5.74, 6) is -2.47. The summed E-state index contributed by atoms with van der Waals surface area (Å²) in [5.41, 5.74) is -1.21. The van der Waals surface area contributed by atoms with Gasteiger partial charge in [-0.3, -0.25) is 4.79 Å². The average molecular weight is 261 g/mol. The van der Waals surface area contributed by atoms with Gasteiger partial charge in [0.25, 0.3) is 0 Å². The quantitative estimate of drug-likeness (QED) is 0.875. The molecule has 17 heavy (non-hydrogen) atoms. The smallest absolute Gasteiger partial charge is 0.314 e. The van der Waals surface area contributed by atoms with Crippen LogP contribution < -0.4 is 4.74 Å². The second-order valence-corrected chi connectivity index (χ2v) is 4.36. The molecule has 92 valence electrons. The minimum absolute atomic E-state index is 0.0201. The monoisotopic (exact) mass is 260 g/mol. The molecule has 1 aliphatic carbocycles. The van der Waals surface area contributed by atoms with Crippen LogP contribution in [-0.4, -0.2) is 23.3 Å². The largest absolute Gasteiger partial charge is 0.504 e. The number of carbonyl (C=O) groups is 1. The fourth-order valence-electron chi connectivity index (χ4n) is 1.93. The summed E-state index contributed by atoms with van der Waals surface area (Å²) in [6, 6.07) is 0.808. The van der Waals surface area contributed by atoms with Crippen LogP contribution in [0.1, 0.15) is 18.4 Å². The fraction of sp³-hybridized carbons (Fsp3) is 0.364. The molecule has 0 aliphatic heterocycles. The topological polar surface area (TPSA) is 66.8 Å². The van der Waals surface area contributed by atoms with Gasteiger partial charge < -0.3 is 14.9 Å². The molecule has 0 heterocycles. The van der Waals surface area contributed by atoms with Gasteiger partial charge in [0.15, 0.2) is 11.5 Å². The Morgan fingerprint density at radius 2 is 2.18 bits per heavy atom. The summed E-state index contributed by atoms with van der Waals surface area (Å²) in [7, 11) is 1.27. The van der Waals surface area contributed by atoms with E-state index in [1.165, 1.54) is 7.11 Å². The van der Waals surface area contributed by atoms with E-state index in [1.807, 2.05) is 0 Å². The van der Waals surface area contributed by atoms with E-state index in [0.717, 1.165) is 6.07 Å². The van der Waals surface area contributed by atoms with Gasteiger partial charge in [0.2, 0.25) is 0 Å². The van der Waals surface area contributed by atoms with E-state index in [4.69, 9.17) is 21.4 Å². The molecule has 0 saturated heterocycles. The number of hydrogen-bond donors (Lipinski definition) is 2. The molecule has 0 aromatic heterocycles. The Balaban J connectivity index is 2.71. The highest BCUT2D eigenvalue weighted by molar-refractivity contribution is 6.32. The maximum Gasteiger partial charge on any atom is 0.314 e. The Morgan fingerprint density at radius 3 is 2.59 bits per heavy atom. The van der Waals surface area contributed by atoms with E-state index in [0.29, 0.717) is 12.8 Å². The molecule has 0 amide bonds. The van der Waals surface area contributed by atoms with Crippen molar-refractivity contribution in [3.05, 3.63) is 22.5 Å². The number of carboxylic acid groups (broad SMARTS) is 1. The summed E-state index contributed by atoms with van der Waals surface area (Å²) in [6.45, 7) is 0. The number of halogens is 2. The summed E-state index contributed by atoms with van der Waals surface area (Å²) in [6.07, 6.45) is 0.697. The van der Waals surface area contributed by atoms with Crippen LogP contribution in [0.5, 0.6) is 11.5 Å². The summed E-state index contributed by atoms with van der Waals surface area (Å²) in [4.78, 5) is 11.2. The third-order valence-electron chi connectivity index (χ3n) is 2.99. The molecule has 1 fully saturated rings. The maximum atomic E-state index is 13.4. The number of aromatic hydroxyl groups is 1. The molecule has 2 N–H and O–H groups in total. The number of methoxy groups -OCH3 is 1. The highest BCUT2D eigenvalue weighted by Crippen LogP contribution is 2.56. The predicted octanol–water partition coefficient (Wildman–Crippen LogP) is 2.31. The van der Waals surface area contributed by atoms with E-state index in [-0.39, 0.29) is 16.3 Å². The van der Waals surface area contributed by atoms with Crippen LogP contribution in [0, 0.1) is 5.82 Å². The molecule has 1 aromatic carbocycles. The van der Waals surface area contributed by atoms with Crippen molar-refractivity contribution in [2.75, 3.05) is 7.11 Å². The average Bonchev–Trinajstić information content (AvgIpc) is 3.04. The lowest BCUT2D eigenvalue weighted by Gasteiger charge is -2.17. The van der Waals surface area contributed by atoms with Gasteiger partial charge in [-0.25, -0.2) is 4.39 Å². The standard InChI is InChI=1S/C11H10ClFO4/c1-17-9-6(14)4-5(13)8(12)7(9)11(2-3-11)10(15)16/h4,14H,2-3H2,1H3,(H,15,16). The zero-order valence-electron chi connectivity index (χ0n) is 8.96. The van der Waals surface area contributed by atoms with Crippen LogP contribution in [0.4, 0.5) is 4.39 Å². The van der Waals surface area contributed by atoms with Gasteiger partial charge in [-0.15, -0.1) is 0 Å². The summed E-state index contributed by atoms with van der Waals surface area (Å²) < 4.78 is 18.4. The van der Waals surface area contributed by atoms with Crippen molar-refractivity contribution in [3.63, 3.8) is 0 Å². The minimum atomic E-state index is -1.23. The van der Waals surface area contributed by atoms with Gasteiger partial charge in [-0.1, -0.05) is 11.6 Å². The second-order valence-electron chi connectivity index (χ2n) is 3.99. The molecular weight excluding hydrogens is 251 g/mol. The molecule has 0 bridgehead atoms. The fourth-order valence-corrected chi connectivity index (χ4v) is 2.25. The minimum Gasteiger partial charge on any atom is -0.504 e. The Labute approximate surface area is 102 Å². The van der Waals surface area contributed by atoms with E-state index >= 15 is 0 Å². The highest BCUT2D eigenvalue weighted by Gasteiger charge is 2.55. The van der Waals surface area contributed by atoms with Crippen molar-refractivity contribution in [2.45, 2.75) is 18.3 Å². The van der Waals surface area contributed by atoms with Gasteiger partial charge in [-0.2, -0.15) is 0 Å². The number of phenolic OH excluding ortho intramolecular Hbond substituents is 1. The zero-order chi connectivity index (χ0) is 12.8. The van der Waals surface area contributed by atoms with Crippen molar-refractivity contribution in [1.29, 1.82) is 0 Å². The third-order valence-corrected chi connectivity index (χ3v) is 3.36. The number of hydrogen-bond acceptors (Lipinski definition) is 3. The number of ether oxygens (including phenoxy) is 1. The van der Waals surface area contributed by atoms with Crippen molar-refractivity contribution in [2.24, 2.45) is 0 Å². The molecule has 4 nitrogen and oxygen atoms in total. The molecule has 0 radical (unpaired) electrons. The molecule has 0 spiro atoms. The SMILES string of the molecule is COc1c(O)cc(F)c(Cl)c1C1(C(=O)O)CC1. The first-order valence-corrected chi connectivity index (χ1v) is 5.30. The van der Waals surface area contributed by atoms with Crippen LogP contribution in [0.15, 0.2) is 6.07 Å². The van der Waals surface area contributed by atoms with E-state index in [1.54, 1.807) is 0 Å². The van der Waals surface area contributed by atoms with E-state index < -0.39 is 23.0 Å². The lowest BCUT2D eigenvalue weighted by Crippen LogP contribution is -2.21. The highest BCUT2D eigenvalue weighted by atomic mass is 35.5. The normalized spacial score (nSPS) is 16.6. The molecule has 1 aromatic rings. The Hall–Kier alpha value is -1.49. The zero-order valence-corrected chi connectivity index (χ0v) is 9.71. The van der Waals surface area contributed by atoms with Crippen LogP contribution in [0.2, 0.25) is 5.02 Å². The van der Waals surface area contributed by atoms with Crippen LogP contribution in [0.25, 0.3) is 0 Å². The number of aliphatic carboxylic acids is 1. The number of rotatable bonds is 3. The van der Waals surface area contributed by atoms with E-state index in [2.05, 4.69) is 0 Å². The third kappa shape index (κ3) is 1.61. The van der Waals surface area contributed by atoms with Crippen LogP contribution in [-0.2, 0) is 10.2 Å². The lowest BCUT2D eigenvalue weighted by molar-refractivity contribution is -0.140. The first-order chi connectivity index (χ1) is 7.94. The molecule has 0 unspecified atom stereocenters. The molecule has 2 rings (SSSR count). The van der Waals surface area contributed by atoms with Crippen LogP contribution >= 0.6 is 11.6 Å². The Bertz CT molecular complexity index is 497. The molecular formula is C11H10ClFO4. The van der Waals surface area contributed by atoms with E-state index in [9.17, 15) is 14.3 Å². The van der Waals surface area contributed by atoms with Crippen LogP contribution in [0.3, 0.4) is 0 Å².